The molecule has 0 saturated carbocycles. The third-order valence-electron chi connectivity index (χ3n) is 13.8. The minimum absolute atomic E-state index is 0. The molecule has 0 spiro atoms. The van der Waals surface area contributed by atoms with Crippen molar-refractivity contribution in [1.82, 2.24) is 0 Å². The van der Waals surface area contributed by atoms with Crippen molar-refractivity contribution in [3.63, 3.8) is 0 Å². The second-order valence-electron chi connectivity index (χ2n) is 18.3. The Bertz CT molecular complexity index is 1770. The number of carbonyl (C=O) groups is 2. The molecule has 2 atom stereocenters. The van der Waals surface area contributed by atoms with Gasteiger partial charge in [0.25, 0.3) is 0 Å². The highest BCUT2D eigenvalue weighted by Gasteiger charge is 2.51. The van der Waals surface area contributed by atoms with Gasteiger partial charge < -0.3 is 52.4 Å². The minimum atomic E-state index is -0.707. The minimum Gasteiger partial charge on any atom is -1.00 e. The van der Waals surface area contributed by atoms with Gasteiger partial charge in [-0.05, 0) is 87.3 Å². The second-order valence-corrected chi connectivity index (χ2v) is 22.0. The maximum absolute atomic E-state index is 13.6. The van der Waals surface area contributed by atoms with Crippen LogP contribution in [0.4, 0.5) is 0 Å². The van der Waals surface area contributed by atoms with E-state index in [1.165, 1.54) is 76.1 Å². The van der Waals surface area contributed by atoms with Gasteiger partial charge in [0, 0.05) is 69.9 Å². The van der Waals surface area contributed by atoms with Crippen molar-refractivity contribution in [3.8, 4) is 0 Å². The van der Waals surface area contributed by atoms with E-state index in [0.29, 0.717) is 11.8 Å². The number of ether oxygens (including phenoxy) is 2. The number of piperidine rings is 6. The van der Waals surface area contributed by atoms with E-state index in [0.717, 1.165) is 54.4 Å². The second kappa shape index (κ2) is 21.2. The Balaban J connectivity index is 0.000000220. The molecule has 0 N–H and O–H groups in total. The van der Waals surface area contributed by atoms with E-state index in [1.807, 2.05) is 59.6 Å². The van der Waals surface area contributed by atoms with Crippen LogP contribution in [0.1, 0.15) is 99.6 Å². The number of nitrogens with zero attached hydrogens (tertiary/aromatic N) is 2. The molecule has 6 aliphatic rings. The highest BCUT2D eigenvalue weighted by Crippen LogP contribution is 2.43. The first-order valence-corrected chi connectivity index (χ1v) is 24.9. The van der Waals surface area contributed by atoms with E-state index in [-0.39, 0.29) is 58.1 Å². The Morgan fingerprint density at radius 3 is 1.13 bits per heavy atom. The zero-order valence-corrected chi connectivity index (χ0v) is 42.6. The molecule has 0 radical (unpaired) electrons. The number of hydrogen-bond acceptors (Lipinski definition) is 8. The monoisotopic (exact) mass is 1020 g/mol. The van der Waals surface area contributed by atoms with Gasteiger partial charge in [-0.1, -0.05) is 47.6 Å². The van der Waals surface area contributed by atoms with Crippen molar-refractivity contribution in [2.45, 2.75) is 103 Å². The number of allylic oxidation sites excluding steroid dienone is 2. The maximum Gasteiger partial charge on any atom is 0.322 e. The van der Waals surface area contributed by atoms with Gasteiger partial charge in [-0.2, -0.15) is 0 Å². The van der Waals surface area contributed by atoms with Crippen LogP contribution in [0, 0.1) is 11.8 Å². The third-order valence-corrected chi connectivity index (χ3v) is 18.2. The van der Waals surface area contributed by atoms with Gasteiger partial charge in [0.2, 0.25) is 0 Å². The van der Waals surface area contributed by atoms with Crippen molar-refractivity contribution in [1.29, 1.82) is 0 Å². The van der Waals surface area contributed by atoms with Crippen LogP contribution in [-0.2, 0) is 29.9 Å². The van der Waals surface area contributed by atoms with Crippen LogP contribution in [-0.4, -0.2) is 85.5 Å². The summed E-state index contributed by atoms with van der Waals surface area (Å²) < 4.78 is 14.9. The molecule has 0 unspecified atom stereocenters. The topological polar surface area (TPSA) is 52.6 Å². The predicted molar refractivity (Wildman–Crippen MR) is 243 cm³/mol. The largest absolute Gasteiger partial charge is 1.00 e. The average Bonchev–Trinajstić information content (AvgIpc) is 4.07. The van der Waals surface area contributed by atoms with E-state index < -0.39 is 10.8 Å². The number of hydrogen-bond donors (Lipinski definition) is 0. The Hall–Kier alpha value is -1.90. The third kappa shape index (κ3) is 10.7. The number of esters is 2. The lowest BCUT2D eigenvalue weighted by atomic mass is 9.82. The lowest BCUT2D eigenvalue weighted by Gasteiger charge is -2.52. The number of thiophene rings is 4. The van der Waals surface area contributed by atoms with Gasteiger partial charge >= 0.3 is 11.9 Å². The summed E-state index contributed by atoms with van der Waals surface area (Å²) in [6.45, 7) is 22.0. The number of carbonyl (C=O) groups excluding carboxylic acids is 2. The van der Waals surface area contributed by atoms with Crippen LogP contribution < -0.4 is 34.0 Å². The van der Waals surface area contributed by atoms with Crippen LogP contribution in [0.25, 0.3) is 0 Å². The molecule has 60 heavy (non-hydrogen) atoms. The standard InChI is InChI=1S/2C24H32NO2S2.2BrH/c2*1-18(2)7-4-12-25-13-10-19(11-14-25)20(17-25)27-23(26)24(3,21-8-5-15-28-21)22-9-6-16-29-22;;/h2*5-9,15-16,19-20H,4,10-14,17H2,1-3H3;2*1H/q2*+1;;/p-2/t2*19?,20-,25?;;/m00../s1. The summed E-state index contributed by atoms with van der Waals surface area (Å²) in [7, 11) is 0. The first-order chi connectivity index (χ1) is 27.9. The van der Waals surface area contributed by atoms with Gasteiger partial charge in [0.1, 0.15) is 23.9 Å². The maximum atomic E-state index is 13.6. The molecule has 0 aliphatic carbocycles. The molecule has 4 bridgehead atoms. The Morgan fingerprint density at radius 2 is 0.883 bits per heavy atom. The Morgan fingerprint density at radius 1 is 0.583 bits per heavy atom. The summed E-state index contributed by atoms with van der Waals surface area (Å²) in [5, 5.41) is 8.19. The highest BCUT2D eigenvalue weighted by atomic mass is 79.9. The van der Waals surface area contributed by atoms with Crippen LogP contribution in [0.5, 0.6) is 0 Å². The first-order valence-electron chi connectivity index (χ1n) is 21.4. The molecule has 6 fully saturated rings. The normalized spacial score (nSPS) is 25.4. The molecule has 10 rings (SSSR count). The summed E-state index contributed by atoms with van der Waals surface area (Å²) in [5.41, 5.74) is 1.36. The summed E-state index contributed by atoms with van der Waals surface area (Å²) in [6, 6.07) is 16.4. The van der Waals surface area contributed by atoms with Crippen molar-refractivity contribution in [2.24, 2.45) is 11.8 Å². The van der Waals surface area contributed by atoms with E-state index in [2.05, 4.69) is 64.1 Å². The summed E-state index contributed by atoms with van der Waals surface area (Å²) in [4.78, 5) is 31.5. The van der Waals surface area contributed by atoms with Crippen LogP contribution in [0.15, 0.2) is 93.3 Å². The average molecular weight is 1020 g/mol. The molecule has 4 aromatic rings. The molecular weight excluding hydrogens is 957 g/mol. The lowest BCUT2D eigenvalue weighted by Crippen LogP contribution is -3.00. The smallest absolute Gasteiger partial charge is 0.322 e. The summed E-state index contributed by atoms with van der Waals surface area (Å²) in [5.74, 6) is 0.892. The van der Waals surface area contributed by atoms with Gasteiger partial charge in [0.15, 0.2) is 12.2 Å². The van der Waals surface area contributed by atoms with Gasteiger partial charge in [0.05, 0.1) is 39.3 Å². The van der Waals surface area contributed by atoms with Crippen molar-refractivity contribution >= 4 is 57.3 Å². The van der Waals surface area contributed by atoms with Gasteiger partial charge in [-0.15, -0.1) is 45.3 Å². The Kier molecular flexibility index (Phi) is 17.3. The van der Waals surface area contributed by atoms with E-state index in [4.69, 9.17) is 9.47 Å². The molecule has 6 nitrogen and oxygen atoms in total. The number of fused-ring (bicyclic) bond motifs is 6. The molecule has 4 aromatic heterocycles. The zero-order valence-electron chi connectivity index (χ0n) is 36.2. The fourth-order valence-corrected chi connectivity index (χ4v) is 13.7. The number of quaternary nitrogens is 2. The molecular formula is C48H64Br2N2O4S4. The summed E-state index contributed by atoms with van der Waals surface area (Å²) >= 11 is 6.57. The molecule has 0 amide bonds. The van der Waals surface area contributed by atoms with Gasteiger partial charge in [-0.25, -0.2) is 0 Å². The summed E-state index contributed by atoms with van der Waals surface area (Å²) in [6.07, 6.45) is 11.8. The fourth-order valence-electron chi connectivity index (χ4n) is 10.0. The molecule has 328 valence electrons. The van der Waals surface area contributed by atoms with Crippen LogP contribution >= 0.6 is 45.3 Å². The SMILES string of the molecule is CC(C)=CCC[N+]12CCC(CC1)[C@@H](OC(=O)C(C)(c1cccs1)c1cccs1)C2.CC(C)=CCC[N+]12CCC(CC1)[C@@H](OC(=O)C(C)(c1cccs1)c1cccs1)C2.[Br-].[Br-]. The van der Waals surface area contributed by atoms with E-state index >= 15 is 0 Å². The van der Waals surface area contributed by atoms with Crippen molar-refractivity contribution in [2.75, 3.05) is 52.4 Å². The quantitative estimate of drug-likeness (QED) is 0.0985. The highest BCUT2D eigenvalue weighted by molar-refractivity contribution is 7.12. The van der Waals surface area contributed by atoms with Crippen molar-refractivity contribution < 1.29 is 62.0 Å². The molecule has 12 heteroatoms. The zero-order chi connectivity index (χ0) is 41.0. The Labute approximate surface area is 396 Å². The number of halogens is 2. The van der Waals surface area contributed by atoms with E-state index in [1.54, 1.807) is 45.3 Å². The molecule has 0 aromatic carbocycles. The van der Waals surface area contributed by atoms with Crippen molar-refractivity contribution in [3.05, 3.63) is 113 Å². The van der Waals surface area contributed by atoms with Crippen LogP contribution in [0.2, 0.25) is 0 Å². The first kappa shape index (κ1) is 49.1. The lowest BCUT2D eigenvalue weighted by molar-refractivity contribution is -0.945. The molecule has 6 aliphatic heterocycles. The predicted octanol–water partition coefficient (Wildman–Crippen LogP) is 5.26. The number of rotatable bonds is 14. The van der Waals surface area contributed by atoms with E-state index in [9.17, 15) is 9.59 Å². The fraction of sp³-hybridized carbons (Fsp3) is 0.542. The molecule has 6 saturated heterocycles. The van der Waals surface area contributed by atoms with Crippen LogP contribution in [0.3, 0.4) is 0 Å². The molecule has 10 heterocycles. The van der Waals surface area contributed by atoms with Gasteiger partial charge in [-0.3, -0.25) is 9.59 Å².